The van der Waals surface area contributed by atoms with E-state index in [4.69, 9.17) is 19.1 Å². The highest BCUT2D eigenvalue weighted by Gasteiger charge is 2.21. The van der Waals surface area contributed by atoms with Crippen LogP contribution in [0.3, 0.4) is 0 Å². The Bertz CT molecular complexity index is 1610. The van der Waals surface area contributed by atoms with E-state index in [1.54, 1.807) is 46.0 Å². The van der Waals surface area contributed by atoms with E-state index < -0.39 is 40.1 Å². The SMILES string of the molecule is [2H]C([2H])(Oc1cc(C)n(-c2cc(-c3ccnc(C(C)(C)O)n3)ncc2C)c(=O)c1Cl)c1ncc(F)cc1F. The summed E-state index contributed by atoms with van der Waals surface area (Å²) in [6.45, 7) is 3.56. The molecule has 1 N–H and O–H groups in total. The molecule has 4 aromatic rings. The van der Waals surface area contributed by atoms with E-state index in [9.17, 15) is 18.7 Å². The second-order valence-corrected chi connectivity index (χ2v) is 8.85. The van der Waals surface area contributed by atoms with Crippen LogP contribution in [-0.2, 0) is 12.2 Å². The van der Waals surface area contributed by atoms with Gasteiger partial charge in [0.15, 0.2) is 11.6 Å². The number of pyridine rings is 3. The van der Waals surface area contributed by atoms with Gasteiger partial charge in [0.05, 0.1) is 26.0 Å². The number of halogens is 3. The molecule has 8 nitrogen and oxygen atoms in total. The molecule has 11 heteroatoms. The van der Waals surface area contributed by atoms with E-state index in [1.165, 1.54) is 16.8 Å². The Hall–Kier alpha value is -3.76. The second-order valence-electron chi connectivity index (χ2n) is 8.47. The largest absolute Gasteiger partial charge is 0.485 e. The van der Waals surface area contributed by atoms with Crippen LogP contribution in [0, 0.1) is 25.5 Å². The smallest absolute Gasteiger partial charge is 0.277 e. The van der Waals surface area contributed by atoms with Gasteiger partial charge < -0.3 is 9.84 Å². The minimum absolute atomic E-state index is 0.193. The van der Waals surface area contributed by atoms with Crippen LogP contribution in [0.5, 0.6) is 5.75 Å². The molecule has 4 rings (SSSR count). The van der Waals surface area contributed by atoms with Gasteiger partial charge in [-0.15, -0.1) is 0 Å². The van der Waals surface area contributed by atoms with Gasteiger partial charge in [-0.2, -0.15) is 0 Å². The maximum absolute atomic E-state index is 14.2. The third-order valence-electron chi connectivity index (χ3n) is 5.15. The van der Waals surface area contributed by atoms with Crippen LogP contribution in [0.25, 0.3) is 17.1 Å². The summed E-state index contributed by atoms with van der Waals surface area (Å²) >= 11 is 6.30. The lowest BCUT2D eigenvalue weighted by Gasteiger charge is -2.17. The highest BCUT2D eigenvalue weighted by Crippen LogP contribution is 2.27. The number of aromatic nitrogens is 5. The van der Waals surface area contributed by atoms with E-state index in [2.05, 4.69) is 19.9 Å². The fourth-order valence-corrected chi connectivity index (χ4v) is 3.52. The Kier molecular flexibility index (Phi) is 6.12. The summed E-state index contributed by atoms with van der Waals surface area (Å²) in [5.41, 5.74) is -0.647. The molecular formula is C25H22ClF2N5O3. The van der Waals surface area contributed by atoms with Crippen LogP contribution >= 0.6 is 11.6 Å². The molecule has 0 radical (unpaired) electrons. The van der Waals surface area contributed by atoms with E-state index in [0.717, 1.165) is 0 Å². The maximum Gasteiger partial charge on any atom is 0.277 e. The highest BCUT2D eigenvalue weighted by molar-refractivity contribution is 6.31. The van der Waals surface area contributed by atoms with Crippen LogP contribution in [0.4, 0.5) is 8.78 Å². The zero-order chi connectivity index (χ0) is 28.0. The summed E-state index contributed by atoms with van der Waals surface area (Å²) in [6.07, 6.45) is 3.68. The van der Waals surface area contributed by atoms with Crippen molar-refractivity contribution in [3.05, 3.63) is 92.6 Å². The van der Waals surface area contributed by atoms with Gasteiger partial charge in [0.2, 0.25) is 0 Å². The molecule has 0 saturated heterocycles. The molecular weight excluding hydrogens is 492 g/mol. The van der Waals surface area contributed by atoms with E-state index in [-0.39, 0.29) is 11.6 Å². The third-order valence-corrected chi connectivity index (χ3v) is 5.49. The molecule has 0 unspecified atom stereocenters. The first-order valence-electron chi connectivity index (χ1n) is 11.6. The minimum Gasteiger partial charge on any atom is -0.485 e. The molecule has 0 fully saturated rings. The standard InChI is InChI=1S/C25H22ClF2N5O3/c1-13-10-30-18(17-5-6-29-24(32-17)25(3,4)35)9-20(13)33-14(2)7-21(22(26)23(33)34)36-12-19-16(28)8-15(27)11-31-19/h5-11,35H,12H2,1-4H3/i12D2. The molecule has 0 amide bonds. The summed E-state index contributed by atoms with van der Waals surface area (Å²) in [5, 5.41) is 9.80. The van der Waals surface area contributed by atoms with Crippen molar-refractivity contribution < 1.29 is 21.4 Å². The molecule has 0 atom stereocenters. The van der Waals surface area contributed by atoms with Gasteiger partial charge in [-0.25, -0.2) is 18.7 Å². The quantitative estimate of drug-likeness (QED) is 0.405. The number of hydrogen-bond acceptors (Lipinski definition) is 7. The van der Waals surface area contributed by atoms with Crippen molar-refractivity contribution in [3.8, 4) is 22.8 Å². The number of aryl methyl sites for hydroxylation is 2. The van der Waals surface area contributed by atoms with Crippen LogP contribution in [0.1, 0.15) is 39.4 Å². The predicted octanol–water partition coefficient (Wildman–Crippen LogP) is 4.44. The molecule has 186 valence electrons. The zero-order valence-corrected chi connectivity index (χ0v) is 20.4. The van der Waals surface area contributed by atoms with Crippen molar-refractivity contribution in [3.63, 3.8) is 0 Å². The van der Waals surface area contributed by atoms with Crippen molar-refractivity contribution in [2.24, 2.45) is 0 Å². The normalized spacial score (nSPS) is 12.8. The van der Waals surface area contributed by atoms with Crippen molar-refractivity contribution in [1.82, 2.24) is 24.5 Å². The molecule has 0 bridgehead atoms. The lowest BCUT2D eigenvalue weighted by Crippen LogP contribution is -2.23. The second kappa shape index (κ2) is 9.71. The number of aliphatic hydroxyl groups is 1. The average molecular weight is 516 g/mol. The Morgan fingerprint density at radius 2 is 1.89 bits per heavy atom. The van der Waals surface area contributed by atoms with Crippen LogP contribution in [0.2, 0.25) is 5.02 Å². The zero-order valence-electron chi connectivity index (χ0n) is 21.7. The Morgan fingerprint density at radius 1 is 1.14 bits per heavy atom. The van der Waals surface area contributed by atoms with Gasteiger partial charge in [-0.3, -0.25) is 19.3 Å². The summed E-state index contributed by atoms with van der Waals surface area (Å²) < 4.78 is 50.2. The van der Waals surface area contributed by atoms with Gasteiger partial charge in [-0.1, -0.05) is 11.6 Å². The summed E-state index contributed by atoms with van der Waals surface area (Å²) in [4.78, 5) is 29.6. The first-order valence-corrected chi connectivity index (χ1v) is 11.0. The van der Waals surface area contributed by atoms with Crippen molar-refractivity contribution in [1.29, 1.82) is 0 Å². The summed E-state index contributed by atoms with van der Waals surface area (Å²) in [5.74, 6) is -2.39. The van der Waals surface area contributed by atoms with Crippen LogP contribution in [0.15, 0.2) is 47.7 Å². The fraction of sp³-hybridized carbons (Fsp3) is 0.240. The average Bonchev–Trinajstić information content (AvgIpc) is 2.82. The van der Waals surface area contributed by atoms with Crippen LogP contribution < -0.4 is 10.3 Å². The van der Waals surface area contributed by atoms with E-state index in [0.29, 0.717) is 40.6 Å². The van der Waals surface area contributed by atoms with Gasteiger partial charge >= 0.3 is 0 Å². The molecule has 0 spiro atoms. The van der Waals surface area contributed by atoms with E-state index >= 15 is 0 Å². The molecule has 4 heterocycles. The lowest BCUT2D eigenvalue weighted by molar-refractivity contribution is 0.0688. The van der Waals surface area contributed by atoms with Gasteiger partial charge in [0, 0.05) is 30.2 Å². The van der Waals surface area contributed by atoms with Crippen LogP contribution in [-0.4, -0.2) is 29.6 Å². The van der Waals surface area contributed by atoms with Gasteiger partial charge in [0.25, 0.3) is 5.56 Å². The number of ether oxygens (including phenoxy) is 1. The summed E-state index contributed by atoms with van der Waals surface area (Å²) in [6, 6.07) is 5.02. The number of rotatable bonds is 6. The molecule has 0 aliphatic carbocycles. The third kappa shape index (κ3) is 5.09. The molecule has 0 saturated carbocycles. The first-order chi connectivity index (χ1) is 17.7. The molecule has 36 heavy (non-hydrogen) atoms. The Labute approximate surface area is 213 Å². The molecule has 4 aromatic heterocycles. The van der Waals surface area contributed by atoms with Crippen molar-refractivity contribution in [2.75, 3.05) is 0 Å². The fourth-order valence-electron chi connectivity index (χ4n) is 3.34. The lowest BCUT2D eigenvalue weighted by atomic mass is 10.1. The number of nitrogens with zero attached hydrogens (tertiary/aromatic N) is 5. The van der Waals surface area contributed by atoms with Crippen molar-refractivity contribution >= 4 is 11.6 Å². The van der Waals surface area contributed by atoms with E-state index in [1.807, 2.05) is 0 Å². The predicted molar refractivity (Wildman–Crippen MR) is 129 cm³/mol. The Morgan fingerprint density at radius 3 is 2.58 bits per heavy atom. The Balaban J connectivity index is 1.78. The molecule has 0 aromatic carbocycles. The number of hydrogen-bond donors (Lipinski definition) is 1. The van der Waals surface area contributed by atoms with Gasteiger partial charge in [0.1, 0.15) is 34.4 Å². The molecule has 0 aliphatic heterocycles. The highest BCUT2D eigenvalue weighted by atomic mass is 35.5. The molecule has 0 aliphatic rings. The summed E-state index contributed by atoms with van der Waals surface area (Å²) in [7, 11) is 0. The van der Waals surface area contributed by atoms with Crippen molar-refractivity contribution in [2.45, 2.75) is 39.9 Å². The maximum atomic E-state index is 14.2. The monoisotopic (exact) mass is 515 g/mol. The topological polar surface area (TPSA) is 103 Å². The van der Waals surface area contributed by atoms with Gasteiger partial charge in [-0.05, 0) is 45.4 Å². The minimum atomic E-state index is -2.86. The first kappa shape index (κ1) is 22.7.